The third-order valence-electron chi connectivity index (χ3n) is 12.5. The Bertz CT molecular complexity index is 3490. The van der Waals surface area contributed by atoms with Gasteiger partial charge in [-0.25, -0.2) is 9.97 Å². The minimum absolute atomic E-state index is 0.218. The van der Waals surface area contributed by atoms with Crippen LogP contribution in [0, 0.1) is 0 Å². The van der Waals surface area contributed by atoms with Gasteiger partial charge in [0.05, 0.1) is 33.3 Å². The van der Waals surface area contributed by atoms with Crippen molar-refractivity contribution in [3.8, 4) is 51.0 Å². The van der Waals surface area contributed by atoms with Crippen LogP contribution < -0.4 is 4.74 Å². The normalized spacial score (nSPS) is 13.2. The van der Waals surface area contributed by atoms with Crippen molar-refractivity contribution in [2.45, 2.75) is 19.3 Å². The largest absolute Gasteiger partial charge is 0.456 e. The van der Waals surface area contributed by atoms with Gasteiger partial charge >= 0.3 is 0 Å². The molecule has 59 heavy (non-hydrogen) atoms. The summed E-state index contributed by atoms with van der Waals surface area (Å²) in [5.41, 5.74) is 11.8. The lowest BCUT2D eigenvalue weighted by atomic mass is 9.75. The van der Waals surface area contributed by atoms with Crippen LogP contribution in [0.3, 0.4) is 0 Å². The predicted octanol–water partition coefficient (Wildman–Crippen LogP) is 14.5. The van der Waals surface area contributed by atoms with Gasteiger partial charge in [0.2, 0.25) is 0 Å². The van der Waals surface area contributed by atoms with E-state index >= 15 is 0 Å². The molecule has 3 heterocycles. The van der Waals surface area contributed by atoms with Crippen molar-refractivity contribution in [1.29, 1.82) is 0 Å². The summed E-state index contributed by atoms with van der Waals surface area (Å²) >= 11 is 0. The molecule has 2 aromatic heterocycles. The molecule has 4 nitrogen and oxygen atoms in total. The molecule has 0 N–H and O–H groups in total. The van der Waals surface area contributed by atoms with Crippen LogP contribution in [0.5, 0.6) is 11.5 Å². The predicted molar refractivity (Wildman–Crippen MR) is 244 cm³/mol. The van der Waals surface area contributed by atoms with Gasteiger partial charge in [-0.2, -0.15) is 0 Å². The van der Waals surface area contributed by atoms with Crippen molar-refractivity contribution >= 4 is 54.3 Å². The lowest BCUT2D eigenvalue weighted by Gasteiger charge is -2.34. The average molecular weight is 756 g/mol. The van der Waals surface area contributed by atoms with E-state index in [9.17, 15) is 0 Å². The molecular weight excluding hydrogens is 719 g/mol. The molecule has 0 fully saturated rings. The molecule has 11 aromatic rings. The summed E-state index contributed by atoms with van der Waals surface area (Å²) in [5, 5.41) is 7.79. The van der Waals surface area contributed by atoms with Gasteiger partial charge < -0.3 is 9.30 Å². The van der Waals surface area contributed by atoms with E-state index in [-0.39, 0.29) is 5.41 Å². The summed E-state index contributed by atoms with van der Waals surface area (Å²) in [4.78, 5) is 10.9. The number of ether oxygens (including phenoxy) is 1. The number of nitrogens with zero attached hydrogens (tertiary/aromatic N) is 3. The van der Waals surface area contributed by atoms with Crippen molar-refractivity contribution in [2.75, 3.05) is 0 Å². The van der Waals surface area contributed by atoms with Crippen LogP contribution in [-0.4, -0.2) is 14.5 Å². The lowest BCUT2D eigenvalue weighted by molar-refractivity contribution is 0.423. The monoisotopic (exact) mass is 755 g/mol. The Morgan fingerprint density at radius 1 is 0.458 bits per heavy atom. The fraction of sp³-hybridized carbons (Fsp3) is 0.0545. The fourth-order valence-electron chi connectivity index (χ4n) is 9.54. The minimum atomic E-state index is -0.218. The first kappa shape index (κ1) is 33.6. The van der Waals surface area contributed by atoms with Gasteiger partial charge in [0, 0.05) is 49.2 Å². The van der Waals surface area contributed by atoms with Crippen LogP contribution in [0.1, 0.15) is 25.0 Å². The number of para-hydroxylation sites is 2. The van der Waals surface area contributed by atoms with Crippen LogP contribution in [0.4, 0.5) is 0 Å². The first-order chi connectivity index (χ1) is 29.0. The molecule has 1 aliphatic heterocycles. The highest BCUT2D eigenvalue weighted by Gasteiger charge is 2.36. The van der Waals surface area contributed by atoms with E-state index in [4.69, 9.17) is 14.7 Å². The van der Waals surface area contributed by atoms with Crippen LogP contribution in [0.15, 0.2) is 188 Å². The second kappa shape index (κ2) is 12.7. The maximum absolute atomic E-state index is 6.86. The number of rotatable bonds is 4. The third-order valence-corrected chi connectivity index (χ3v) is 12.5. The molecule has 0 radical (unpaired) electrons. The van der Waals surface area contributed by atoms with Gasteiger partial charge in [0.25, 0.3) is 0 Å². The molecule has 278 valence electrons. The molecule has 0 atom stereocenters. The Labute approximate surface area is 341 Å². The quantitative estimate of drug-likeness (QED) is 0.168. The third kappa shape index (κ3) is 5.03. The van der Waals surface area contributed by atoms with Crippen molar-refractivity contribution in [3.05, 3.63) is 199 Å². The van der Waals surface area contributed by atoms with Crippen molar-refractivity contribution in [1.82, 2.24) is 14.5 Å². The standard InChI is InChI=1S/C55H37N3O/c1-55(2)44-21-11-13-23-49(44)59-53-45(55)31-33-48-50(53)42-20-10-12-22-46(42)58(48)47-32-30-41(39-18-8-9-19-40(39)47)54-56-51(37-26-24-35(25-27-37)34-14-4-3-5-15-34)43-29-28-36-16-6-7-17-38(36)52(43)57-54/h3-33H,1-2H3. The second-order valence-corrected chi connectivity index (χ2v) is 16.1. The molecule has 0 amide bonds. The van der Waals surface area contributed by atoms with Crippen molar-refractivity contribution in [2.24, 2.45) is 0 Å². The number of benzene rings is 9. The number of fused-ring (bicyclic) bond motifs is 10. The molecule has 0 aliphatic carbocycles. The topological polar surface area (TPSA) is 39.9 Å². The molecule has 4 heteroatoms. The van der Waals surface area contributed by atoms with Gasteiger partial charge in [-0.3, -0.25) is 0 Å². The number of hydrogen-bond acceptors (Lipinski definition) is 3. The Morgan fingerprint density at radius 2 is 1.14 bits per heavy atom. The van der Waals surface area contributed by atoms with E-state index in [1.165, 1.54) is 22.3 Å². The van der Waals surface area contributed by atoms with E-state index in [0.717, 1.165) is 88.3 Å². The SMILES string of the molecule is CC1(C)c2ccccc2Oc2c1ccc1c2c2ccccc2n1-c1ccc(-c2nc(-c3ccc(-c4ccccc4)cc3)c3ccc4ccccc4c3n2)c2ccccc12. The summed E-state index contributed by atoms with van der Waals surface area (Å²) < 4.78 is 9.27. The minimum Gasteiger partial charge on any atom is -0.456 e. The van der Waals surface area contributed by atoms with Gasteiger partial charge in [-0.1, -0.05) is 166 Å². The van der Waals surface area contributed by atoms with Crippen LogP contribution in [0.2, 0.25) is 0 Å². The molecule has 0 unspecified atom stereocenters. The molecular formula is C55H37N3O. The summed E-state index contributed by atoms with van der Waals surface area (Å²) in [6, 6.07) is 66.9. The molecule has 12 rings (SSSR count). The summed E-state index contributed by atoms with van der Waals surface area (Å²) in [7, 11) is 0. The van der Waals surface area contributed by atoms with E-state index < -0.39 is 0 Å². The van der Waals surface area contributed by atoms with Gasteiger partial charge in [-0.05, 0) is 58.3 Å². The molecule has 0 saturated heterocycles. The number of hydrogen-bond donors (Lipinski definition) is 0. The van der Waals surface area contributed by atoms with E-state index in [2.05, 4.69) is 206 Å². The zero-order valence-electron chi connectivity index (χ0n) is 32.6. The van der Waals surface area contributed by atoms with Gasteiger partial charge in [-0.15, -0.1) is 0 Å². The maximum atomic E-state index is 6.86. The Morgan fingerprint density at radius 3 is 1.98 bits per heavy atom. The second-order valence-electron chi connectivity index (χ2n) is 16.1. The zero-order valence-corrected chi connectivity index (χ0v) is 32.6. The molecule has 9 aromatic carbocycles. The van der Waals surface area contributed by atoms with Crippen molar-refractivity contribution in [3.63, 3.8) is 0 Å². The fourth-order valence-corrected chi connectivity index (χ4v) is 9.54. The highest BCUT2D eigenvalue weighted by atomic mass is 16.5. The maximum Gasteiger partial charge on any atom is 0.161 e. The van der Waals surface area contributed by atoms with Crippen molar-refractivity contribution < 1.29 is 4.74 Å². The van der Waals surface area contributed by atoms with E-state index in [1.807, 2.05) is 0 Å². The van der Waals surface area contributed by atoms with Crippen LogP contribution in [-0.2, 0) is 5.41 Å². The first-order valence-corrected chi connectivity index (χ1v) is 20.2. The van der Waals surface area contributed by atoms with Gasteiger partial charge in [0.15, 0.2) is 5.82 Å². The Kier molecular flexibility index (Phi) is 7.24. The van der Waals surface area contributed by atoms with Gasteiger partial charge in [0.1, 0.15) is 11.5 Å². The number of aromatic nitrogens is 3. The highest BCUT2D eigenvalue weighted by Crippen LogP contribution is 2.52. The van der Waals surface area contributed by atoms with Crippen LogP contribution in [0.25, 0.3) is 93.7 Å². The molecule has 0 bridgehead atoms. The van der Waals surface area contributed by atoms with E-state index in [0.29, 0.717) is 5.82 Å². The summed E-state index contributed by atoms with van der Waals surface area (Å²) in [6.07, 6.45) is 0. The lowest BCUT2D eigenvalue weighted by Crippen LogP contribution is -2.24. The molecule has 0 spiro atoms. The average Bonchev–Trinajstić information content (AvgIpc) is 3.63. The summed E-state index contributed by atoms with van der Waals surface area (Å²) in [6.45, 7) is 4.60. The summed E-state index contributed by atoms with van der Waals surface area (Å²) in [5.74, 6) is 2.55. The first-order valence-electron chi connectivity index (χ1n) is 20.2. The zero-order chi connectivity index (χ0) is 39.2. The highest BCUT2D eigenvalue weighted by molar-refractivity contribution is 6.15. The van der Waals surface area contributed by atoms with Crippen LogP contribution >= 0.6 is 0 Å². The molecule has 1 aliphatic rings. The smallest absolute Gasteiger partial charge is 0.161 e. The van der Waals surface area contributed by atoms with E-state index in [1.54, 1.807) is 0 Å². The Balaban J connectivity index is 1.08. The Hall–Kier alpha value is -7.56. The molecule has 0 saturated carbocycles.